The van der Waals surface area contributed by atoms with Crippen LogP contribution < -0.4 is 5.73 Å². The lowest BCUT2D eigenvalue weighted by Crippen LogP contribution is -2.23. The van der Waals surface area contributed by atoms with Crippen molar-refractivity contribution in [1.82, 2.24) is 0 Å². The first-order valence-corrected chi connectivity index (χ1v) is 7.38. The van der Waals surface area contributed by atoms with E-state index < -0.39 is 0 Å². The average Bonchev–Trinajstić information content (AvgIpc) is 2.83. The van der Waals surface area contributed by atoms with Gasteiger partial charge >= 0.3 is 0 Å². The molecular weight excluding hydrogens is 230 g/mol. The minimum Gasteiger partial charge on any atom is -0.324 e. The van der Waals surface area contributed by atoms with Gasteiger partial charge < -0.3 is 5.73 Å². The maximum absolute atomic E-state index is 6.53. The highest BCUT2D eigenvalue weighted by molar-refractivity contribution is 5.93. The van der Waals surface area contributed by atoms with E-state index in [1.165, 1.54) is 40.3 Å². The zero-order valence-corrected chi connectivity index (χ0v) is 12.1. The van der Waals surface area contributed by atoms with Gasteiger partial charge in [0.05, 0.1) is 0 Å². The van der Waals surface area contributed by atoms with Crippen molar-refractivity contribution in [2.75, 3.05) is 0 Å². The van der Waals surface area contributed by atoms with Crippen LogP contribution >= 0.6 is 0 Å². The number of rotatable bonds is 3. The number of hydrogen-bond donors (Lipinski definition) is 1. The van der Waals surface area contributed by atoms with Crippen LogP contribution in [0, 0.1) is 11.8 Å². The predicted octanol–water partition coefficient (Wildman–Crippen LogP) is 4.23. The number of nitrogens with two attached hydrogens (primary N) is 1. The molecule has 0 bridgehead atoms. The molecule has 19 heavy (non-hydrogen) atoms. The lowest BCUT2D eigenvalue weighted by Gasteiger charge is -2.25. The van der Waals surface area contributed by atoms with Crippen LogP contribution in [-0.2, 0) is 12.8 Å². The van der Waals surface area contributed by atoms with Gasteiger partial charge in [-0.15, -0.1) is 0 Å². The molecule has 0 amide bonds. The van der Waals surface area contributed by atoms with Crippen molar-refractivity contribution in [3.05, 3.63) is 47.0 Å². The summed E-state index contributed by atoms with van der Waals surface area (Å²) in [5.74, 6) is 1.11. The van der Waals surface area contributed by atoms with E-state index >= 15 is 0 Å². The first-order valence-electron chi connectivity index (χ1n) is 7.38. The minimum atomic E-state index is 0.130. The summed E-state index contributed by atoms with van der Waals surface area (Å²) >= 11 is 0. The molecule has 2 aromatic carbocycles. The van der Waals surface area contributed by atoms with Crippen molar-refractivity contribution in [3.8, 4) is 0 Å². The molecule has 0 radical (unpaired) electrons. The second-order valence-corrected chi connectivity index (χ2v) is 6.28. The first-order chi connectivity index (χ1) is 9.09. The monoisotopic (exact) mass is 253 g/mol. The summed E-state index contributed by atoms with van der Waals surface area (Å²) in [5.41, 5.74) is 10.8. The number of aryl methyl sites for hydroxylation is 2. The quantitative estimate of drug-likeness (QED) is 0.870. The molecule has 1 aliphatic carbocycles. The molecule has 2 atom stereocenters. The van der Waals surface area contributed by atoms with Gasteiger partial charge in [0.2, 0.25) is 0 Å². The predicted molar refractivity (Wildman–Crippen MR) is 82.3 cm³/mol. The Hall–Kier alpha value is -1.34. The van der Waals surface area contributed by atoms with Crippen molar-refractivity contribution in [1.29, 1.82) is 0 Å². The fourth-order valence-corrected chi connectivity index (χ4v) is 3.26. The van der Waals surface area contributed by atoms with Crippen LogP contribution in [0.5, 0.6) is 0 Å². The summed E-state index contributed by atoms with van der Waals surface area (Å²) in [5, 5.41) is 2.86. The molecule has 1 aliphatic rings. The van der Waals surface area contributed by atoms with Gasteiger partial charge in [0.1, 0.15) is 0 Å². The van der Waals surface area contributed by atoms with E-state index in [1.54, 1.807) is 0 Å². The molecule has 2 unspecified atom stereocenters. The highest BCUT2D eigenvalue weighted by Gasteiger charge is 2.22. The molecule has 0 aliphatic heterocycles. The van der Waals surface area contributed by atoms with E-state index in [0.29, 0.717) is 11.8 Å². The topological polar surface area (TPSA) is 26.0 Å². The largest absolute Gasteiger partial charge is 0.324 e. The molecule has 0 saturated carbocycles. The van der Waals surface area contributed by atoms with Gasteiger partial charge in [0.15, 0.2) is 0 Å². The van der Waals surface area contributed by atoms with E-state index in [-0.39, 0.29) is 6.04 Å². The minimum absolute atomic E-state index is 0.130. The van der Waals surface area contributed by atoms with Gasteiger partial charge in [-0.3, -0.25) is 0 Å². The van der Waals surface area contributed by atoms with Gasteiger partial charge in [-0.05, 0) is 52.1 Å². The van der Waals surface area contributed by atoms with Gasteiger partial charge in [0.25, 0.3) is 0 Å². The van der Waals surface area contributed by atoms with Gasteiger partial charge in [-0.25, -0.2) is 0 Å². The van der Waals surface area contributed by atoms with Crippen molar-refractivity contribution < 1.29 is 0 Å². The van der Waals surface area contributed by atoms with E-state index in [9.17, 15) is 0 Å². The normalized spacial score (nSPS) is 17.1. The van der Waals surface area contributed by atoms with Crippen molar-refractivity contribution >= 4 is 10.8 Å². The Bertz CT molecular complexity index is 602. The molecule has 0 fully saturated rings. The van der Waals surface area contributed by atoms with Crippen molar-refractivity contribution in [2.45, 2.75) is 39.7 Å². The third-order valence-corrected chi connectivity index (χ3v) is 4.89. The Labute approximate surface area is 115 Å². The van der Waals surface area contributed by atoms with E-state index in [1.807, 2.05) is 0 Å². The van der Waals surface area contributed by atoms with Crippen LogP contribution in [0.15, 0.2) is 30.3 Å². The Balaban J connectivity index is 2.16. The molecule has 2 N–H and O–H groups in total. The Morgan fingerprint density at radius 1 is 0.947 bits per heavy atom. The lowest BCUT2D eigenvalue weighted by atomic mass is 9.84. The molecule has 1 heteroatoms. The van der Waals surface area contributed by atoms with Gasteiger partial charge in [-0.1, -0.05) is 51.1 Å². The molecular formula is C18H23N. The Kier molecular flexibility index (Phi) is 3.10. The van der Waals surface area contributed by atoms with Crippen LogP contribution in [0.4, 0.5) is 0 Å². The van der Waals surface area contributed by atoms with Crippen LogP contribution in [-0.4, -0.2) is 0 Å². The fourth-order valence-electron chi connectivity index (χ4n) is 3.26. The molecule has 0 spiro atoms. The van der Waals surface area contributed by atoms with Gasteiger partial charge in [-0.2, -0.15) is 0 Å². The second kappa shape index (κ2) is 4.64. The van der Waals surface area contributed by atoms with Crippen molar-refractivity contribution in [3.63, 3.8) is 0 Å². The molecule has 1 nitrogen and oxygen atoms in total. The Morgan fingerprint density at radius 2 is 1.63 bits per heavy atom. The highest BCUT2D eigenvalue weighted by atomic mass is 14.7. The van der Waals surface area contributed by atoms with Crippen LogP contribution in [0.3, 0.4) is 0 Å². The second-order valence-electron chi connectivity index (χ2n) is 6.28. The third-order valence-electron chi connectivity index (χ3n) is 4.89. The molecule has 2 aromatic rings. The standard InChI is InChI=1S/C18H23N/c1-11(2)12(3)18(19)16-10-9-14-8-7-13-5-4-6-15(16)17(13)14/h4-6,9-12,18H,7-8,19H2,1-3H3. The summed E-state index contributed by atoms with van der Waals surface area (Å²) in [6.45, 7) is 6.77. The van der Waals surface area contributed by atoms with E-state index in [0.717, 1.165) is 0 Å². The zero-order valence-electron chi connectivity index (χ0n) is 12.1. The molecule has 0 saturated heterocycles. The van der Waals surface area contributed by atoms with E-state index in [4.69, 9.17) is 5.73 Å². The summed E-state index contributed by atoms with van der Waals surface area (Å²) in [4.78, 5) is 0. The SMILES string of the molecule is CC(C)C(C)C(N)c1ccc2c3c(cccc13)CC2. The van der Waals surface area contributed by atoms with E-state index in [2.05, 4.69) is 51.1 Å². The summed E-state index contributed by atoms with van der Waals surface area (Å²) in [7, 11) is 0. The zero-order chi connectivity index (χ0) is 13.6. The van der Waals surface area contributed by atoms with Crippen LogP contribution in [0.25, 0.3) is 10.8 Å². The van der Waals surface area contributed by atoms with Crippen LogP contribution in [0.2, 0.25) is 0 Å². The first kappa shape index (κ1) is 12.7. The van der Waals surface area contributed by atoms with Crippen LogP contribution in [0.1, 0.15) is 43.5 Å². The van der Waals surface area contributed by atoms with Gasteiger partial charge in [0, 0.05) is 6.04 Å². The fraction of sp³-hybridized carbons (Fsp3) is 0.444. The smallest absolute Gasteiger partial charge is 0.0329 e. The lowest BCUT2D eigenvalue weighted by molar-refractivity contribution is 0.353. The molecule has 0 aromatic heterocycles. The number of hydrogen-bond acceptors (Lipinski definition) is 1. The summed E-state index contributed by atoms with van der Waals surface area (Å²) < 4.78 is 0. The Morgan fingerprint density at radius 3 is 2.32 bits per heavy atom. The van der Waals surface area contributed by atoms with Crippen molar-refractivity contribution in [2.24, 2.45) is 17.6 Å². The highest BCUT2D eigenvalue weighted by Crippen LogP contribution is 2.37. The molecule has 3 rings (SSSR count). The molecule has 100 valence electrons. The molecule has 0 heterocycles. The average molecular weight is 253 g/mol. The summed E-state index contributed by atoms with van der Waals surface area (Å²) in [6.07, 6.45) is 2.37. The maximum Gasteiger partial charge on any atom is 0.0329 e. The maximum atomic E-state index is 6.53. The summed E-state index contributed by atoms with van der Waals surface area (Å²) in [6, 6.07) is 11.4. The third kappa shape index (κ3) is 1.97. The number of benzene rings is 2.